The van der Waals surface area contributed by atoms with E-state index < -0.39 is 5.97 Å². The first-order valence-corrected chi connectivity index (χ1v) is 14.3. The predicted molar refractivity (Wildman–Crippen MR) is 155 cm³/mol. The summed E-state index contributed by atoms with van der Waals surface area (Å²) in [6, 6.07) is 17.1. The number of aromatic carboxylic acids is 1. The molecule has 5 heteroatoms. The first kappa shape index (κ1) is 27.4. The zero-order valence-corrected chi connectivity index (χ0v) is 23.9. The number of unbranched alkanes of at least 4 members (excludes halogenated alkanes) is 1. The summed E-state index contributed by atoms with van der Waals surface area (Å²) in [7, 11) is 0. The van der Waals surface area contributed by atoms with E-state index >= 15 is 0 Å². The molecule has 37 heavy (non-hydrogen) atoms. The van der Waals surface area contributed by atoms with Gasteiger partial charge in [0.25, 0.3) is 0 Å². The Labute approximate surface area is 226 Å². The maximum Gasteiger partial charge on any atom is 0.345 e. The standard InChI is InChI=1S/C32H41NO3S/c1-21(2)33-16-7-8-17-36-26-20-24(19-25-29(26)32(5,6)15-14-31(25,3)4)22-10-9-11-23(18-22)27-12-13-28(37-27)30(34)35/h9-13,18-21,33H,7-8,14-17H2,1-6H3,(H,34,35). The van der Waals surface area contributed by atoms with Crippen molar-refractivity contribution in [3.05, 3.63) is 64.5 Å². The fourth-order valence-corrected chi connectivity index (χ4v) is 6.11. The lowest BCUT2D eigenvalue weighted by molar-refractivity contribution is 0.0702. The van der Waals surface area contributed by atoms with Gasteiger partial charge >= 0.3 is 5.97 Å². The molecule has 1 aromatic heterocycles. The Bertz CT molecular complexity index is 1250. The van der Waals surface area contributed by atoms with Crippen LogP contribution in [0.1, 0.15) is 88.0 Å². The molecule has 0 bridgehead atoms. The van der Waals surface area contributed by atoms with Crippen molar-refractivity contribution in [1.29, 1.82) is 0 Å². The first-order chi connectivity index (χ1) is 17.5. The molecule has 0 radical (unpaired) electrons. The summed E-state index contributed by atoms with van der Waals surface area (Å²) in [6.45, 7) is 15.5. The van der Waals surface area contributed by atoms with Crippen LogP contribution in [0.2, 0.25) is 0 Å². The summed E-state index contributed by atoms with van der Waals surface area (Å²) < 4.78 is 6.56. The number of carbonyl (C=O) groups is 1. The van der Waals surface area contributed by atoms with E-state index in [1.54, 1.807) is 6.07 Å². The van der Waals surface area contributed by atoms with Gasteiger partial charge in [-0.15, -0.1) is 11.3 Å². The molecule has 3 aromatic rings. The minimum Gasteiger partial charge on any atom is -0.493 e. The van der Waals surface area contributed by atoms with Crippen LogP contribution in [0.4, 0.5) is 0 Å². The normalized spacial score (nSPS) is 16.0. The van der Waals surface area contributed by atoms with E-state index in [1.807, 2.05) is 6.07 Å². The van der Waals surface area contributed by atoms with Crippen LogP contribution in [-0.2, 0) is 10.8 Å². The van der Waals surface area contributed by atoms with Crippen LogP contribution in [0.5, 0.6) is 5.75 Å². The van der Waals surface area contributed by atoms with Gasteiger partial charge in [-0.2, -0.15) is 0 Å². The monoisotopic (exact) mass is 519 g/mol. The molecule has 1 aliphatic rings. The highest BCUT2D eigenvalue weighted by Gasteiger charge is 2.39. The van der Waals surface area contributed by atoms with Crippen LogP contribution >= 0.6 is 11.3 Å². The Morgan fingerprint density at radius 2 is 1.70 bits per heavy atom. The number of carboxylic acids is 1. The van der Waals surface area contributed by atoms with E-state index in [4.69, 9.17) is 4.74 Å². The molecular weight excluding hydrogens is 478 g/mol. The van der Waals surface area contributed by atoms with Crippen molar-refractivity contribution in [1.82, 2.24) is 5.32 Å². The largest absolute Gasteiger partial charge is 0.493 e. The van der Waals surface area contributed by atoms with Crippen LogP contribution < -0.4 is 10.1 Å². The lowest BCUT2D eigenvalue weighted by Gasteiger charge is -2.43. The Morgan fingerprint density at radius 1 is 0.973 bits per heavy atom. The molecule has 198 valence electrons. The molecule has 1 aliphatic carbocycles. The molecule has 1 heterocycles. The Morgan fingerprint density at radius 3 is 2.41 bits per heavy atom. The number of hydrogen-bond acceptors (Lipinski definition) is 4. The Kier molecular flexibility index (Phi) is 8.15. The minimum absolute atomic E-state index is 0.0595. The highest BCUT2D eigenvalue weighted by Crippen LogP contribution is 2.51. The number of thiophene rings is 1. The average molecular weight is 520 g/mol. The molecule has 0 unspecified atom stereocenters. The fourth-order valence-electron chi connectivity index (χ4n) is 5.27. The molecule has 0 atom stereocenters. The minimum atomic E-state index is -0.881. The zero-order chi connectivity index (χ0) is 26.8. The second-order valence-corrected chi connectivity index (χ2v) is 13.0. The number of rotatable bonds is 10. The SMILES string of the molecule is CC(C)NCCCCOc1cc(-c2cccc(-c3ccc(C(=O)O)s3)c2)cc2c1C(C)(C)CCC2(C)C. The van der Waals surface area contributed by atoms with E-state index in [0.717, 1.165) is 59.5 Å². The Hall–Kier alpha value is -2.63. The zero-order valence-electron chi connectivity index (χ0n) is 23.1. The fraction of sp³-hybridized carbons (Fsp3) is 0.469. The van der Waals surface area contributed by atoms with Gasteiger partial charge in [0.05, 0.1) is 6.61 Å². The van der Waals surface area contributed by atoms with Gasteiger partial charge in [-0.05, 0) is 89.6 Å². The summed E-state index contributed by atoms with van der Waals surface area (Å²) in [6.07, 6.45) is 4.39. The lowest BCUT2D eigenvalue weighted by atomic mass is 9.62. The summed E-state index contributed by atoms with van der Waals surface area (Å²) in [5.41, 5.74) is 6.17. The van der Waals surface area contributed by atoms with Gasteiger partial charge in [-0.25, -0.2) is 4.79 Å². The first-order valence-electron chi connectivity index (χ1n) is 13.5. The van der Waals surface area contributed by atoms with Crippen molar-refractivity contribution in [2.75, 3.05) is 13.2 Å². The molecule has 4 nitrogen and oxygen atoms in total. The quantitative estimate of drug-likeness (QED) is 0.265. The third-order valence-corrected chi connectivity index (χ3v) is 8.68. The van der Waals surface area contributed by atoms with Gasteiger partial charge in [-0.1, -0.05) is 65.8 Å². The Balaban J connectivity index is 1.69. The van der Waals surface area contributed by atoms with Crippen LogP contribution in [0.3, 0.4) is 0 Å². The van der Waals surface area contributed by atoms with Crippen molar-refractivity contribution in [3.63, 3.8) is 0 Å². The van der Waals surface area contributed by atoms with E-state index in [1.165, 1.54) is 22.5 Å². The summed E-state index contributed by atoms with van der Waals surface area (Å²) in [4.78, 5) is 12.7. The predicted octanol–water partition coefficient (Wildman–Crippen LogP) is 8.29. The second kappa shape index (κ2) is 11.0. The maximum absolute atomic E-state index is 11.4. The molecule has 2 N–H and O–H groups in total. The van der Waals surface area contributed by atoms with E-state index in [9.17, 15) is 9.90 Å². The van der Waals surface area contributed by atoms with Gasteiger partial charge < -0.3 is 15.2 Å². The van der Waals surface area contributed by atoms with Crippen LogP contribution in [-0.4, -0.2) is 30.3 Å². The molecule has 0 aliphatic heterocycles. The second-order valence-electron chi connectivity index (χ2n) is 11.9. The number of fused-ring (bicyclic) bond motifs is 1. The van der Waals surface area contributed by atoms with Crippen molar-refractivity contribution in [2.45, 2.75) is 84.1 Å². The van der Waals surface area contributed by atoms with E-state index in [0.29, 0.717) is 17.5 Å². The molecular formula is C32H41NO3S. The molecule has 0 saturated heterocycles. The molecule has 0 spiro atoms. The van der Waals surface area contributed by atoms with Gasteiger partial charge in [0, 0.05) is 16.5 Å². The molecule has 0 saturated carbocycles. The summed E-state index contributed by atoms with van der Waals surface area (Å²) in [5, 5.41) is 12.8. The third-order valence-electron chi connectivity index (χ3n) is 7.56. The topological polar surface area (TPSA) is 58.6 Å². The molecule has 0 fully saturated rings. The maximum atomic E-state index is 11.4. The highest BCUT2D eigenvalue weighted by atomic mass is 32.1. The number of hydrogen-bond donors (Lipinski definition) is 2. The van der Waals surface area contributed by atoms with Gasteiger partial charge in [0.15, 0.2) is 0 Å². The third kappa shape index (κ3) is 6.27. The molecule has 4 rings (SSSR count). The van der Waals surface area contributed by atoms with E-state index in [-0.39, 0.29) is 10.8 Å². The number of benzene rings is 2. The van der Waals surface area contributed by atoms with Crippen molar-refractivity contribution >= 4 is 17.3 Å². The van der Waals surface area contributed by atoms with Gasteiger partial charge in [0.2, 0.25) is 0 Å². The van der Waals surface area contributed by atoms with Crippen LogP contribution in [0, 0.1) is 0 Å². The summed E-state index contributed by atoms with van der Waals surface area (Å²) >= 11 is 1.31. The average Bonchev–Trinajstić information content (AvgIpc) is 3.35. The number of nitrogens with one attached hydrogen (secondary N) is 1. The van der Waals surface area contributed by atoms with E-state index in [2.05, 4.69) is 83.3 Å². The van der Waals surface area contributed by atoms with Crippen LogP contribution in [0.15, 0.2) is 48.5 Å². The number of carboxylic acid groups (broad SMARTS) is 1. The smallest absolute Gasteiger partial charge is 0.345 e. The van der Waals surface area contributed by atoms with Gasteiger partial charge in [0.1, 0.15) is 10.6 Å². The number of ether oxygens (including phenoxy) is 1. The molecule has 2 aromatic carbocycles. The van der Waals surface area contributed by atoms with Gasteiger partial charge in [-0.3, -0.25) is 0 Å². The van der Waals surface area contributed by atoms with Crippen molar-refractivity contribution in [2.24, 2.45) is 0 Å². The van der Waals surface area contributed by atoms with Crippen molar-refractivity contribution < 1.29 is 14.6 Å². The summed E-state index contributed by atoms with van der Waals surface area (Å²) in [5.74, 6) is 0.130. The van der Waals surface area contributed by atoms with Crippen LogP contribution in [0.25, 0.3) is 21.6 Å². The lowest BCUT2D eigenvalue weighted by Crippen LogP contribution is -2.34. The van der Waals surface area contributed by atoms with Crippen molar-refractivity contribution in [3.8, 4) is 27.3 Å². The molecule has 0 amide bonds. The highest BCUT2D eigenvalue weighted by molar-refractivity contribution is 7.17.